The van der Waals surface area contributed by atoms with Crippen LogP contribution in [0.4, 0.5) is 0 Å². The summed E-state index contributed by atoms with van der Waals surface area (Å²) in [7, 11) is -3.81. The van der Waals surface area contributed by atoms with Crippen LogP contribution in [-0.4, -0.2) is 25.3 Å². The second-order valence-corrected chi connectivity index (χ2v) is 7.86. The Bertz CT molecular complexity index is 876. The lowest BCUT2D eigenvalue weighted by atomic mass is 10.0. The molecule has 0 spiro atoms. The van der Waals surface area contributed by atoms with Crippen molar-refractivity contribution in [1.82, 2.24) is 0 Å². The van der Waals surface area contributed by atoms with Gasteiger partial charge in [0.05, 0.1) is 11.3 Å². The van der Waals surface area contributed by atoms with Gasteiger partial charge in [-0.2, -0.15) is 0 Å². The minimum absolute atomic E-state index is 0.0472. The van der Waals surface area contributed by atoms with Crippen LogP contribution in [0.25, 0.3) is 0 Å². The number of carbonyl (C=O) groups is 2. The number of carbonyl (C=O) groups excluding carboxylic acids is 1. The second-order valence-electron chi connectivity index (χ2n) is 5.36. The number of aliphatic carboxylic acids is 1. The van der Waals surface area contributed by atoms with Crippen LogP contribution in [0.15, 0.2) is 53.4 Å². The van der Waals surface area contributed by atoms with E-state index < -0.39 is 21.2 Å². The SMILES string of the molecule is NC(c1ccc(C(=O)CCC(=O)O)cc1)S(=O)(=O)c1ccc(Cl)cc1. The van der Waals surface area contributed by atoms with Gasteiger partial charge in [0.15, 0.2) is 15.6 Å². The van der Waals surface area contributed by atoms with Crippen LogP contribution >= 0.6 is 11.6 Å². The Balaban J connectivity index is 2.19. The first-order valence-electron chi connectivity index (χ1n) is 7.32. The number of benzene rings is 2. The summed E-state index contributed by atoms with van der Waals surface area (Å²) in [5.41, 5.74) is 6.51. The average Bonchev–Trinajstić information content (AvgIpc) is 2.59. The summed E-state index contributed by atoms with van der Waals surface area (Å²) in [6.07, 6.45) is -0.380. The van der Waals surface area contributed by atoms with Crippen LogP contribution in [0.3, 0.4) is 0 Å². The molecule has 6 nitrogen and oxygen atoms in total. The lowest BCUT2D eigenvalue weighted by molar-refractivity contribution is -0.136. The maximum atomic E-state index is 12.5. The van der Waals surface area contributed by atoms with Crippen molar-refractivity contribution in [3.05, 3.63) is 64.7 Å². The third kappa shape index (κ3) is 4.66. The van der Waals surface area contributed by atoms with Gasteiger partial charge in [0.2, 0.25) is 0 Å². The van der Waals surface area contributed by atoms with E-state index >= 15 is 0 Å². The minimum atomic E-state index is -3.81. The average molecular weight is 382 g/mol. The molecule has 0 aliphatic carbocycles. The minimum Gasteiger partial charge on any atom is -0.481 e. The van der Waals surface area contributed by atoms with Gasteiger partial charge in [-0.15, -0.1) is 0 Å². The van der Waals surface area contributed by atoms with Crippen LogP contribution in [-0.2, 0) is 14.6 Å². The summed E-state index contributed by atoms with van der Waals surface area (Å²) in [5.74, 6) is -1.39. The summed E-state index contributed by atoms with van der Waals surface area (Å²) in [6.45, 7) is 0. The van der Waals surface area contributed by atoms with E-state index in [1.807, 2.05) is 0 Å². The van der Waals surface area contributed by atoms with Gasteiger partial charge in [-0.1, -0.05) is 35.9 Å². The number of carboxylic acid groups (broad SMARTS) is 1. The first-order valence-corrected chi connectivity index (χ1v) is 9.24. The van der Waals surface area contributed by atoms with Gasteiger partial charge in [0.25, 0.3) is 0 Å². The molecule has 3 N–H and O–H groups in total. The Morgan fingerprint density at radius 1 is 1.00 bits per heavy atom. The van der Waals surface area contributed by atoms with Crippen LogP contribution in [0.5, 0.6) is 0 Å². The first kappa shape index (κ1) is 19.1. The first-order chi connectivity index (χ1) is 11.7. The Labute approximate surface area is 150 Å². The van der Waals surface area contributed by atoms with E-state index in [2.05, 4.69) is 0 Å². The van der Waals surface area contributed by atoms with Crippen molar-refractivity contribution in [3.63, 3.8) is 0 Å². The van der Waals surface area contributed by atoms with E-state index in [0.29, 0.717) is 16.1 Å². The maximum Gasteiger partial charge on any atom is 0.303 e. The third-order valence-corrected chi connectivity index (χ3v) is 5.73. The molecule has 1 unspecified atom stereocenters. The molecule has 2 aromatic carbocycles. The van der Waals surface area contributed by atoms with Gasteiger partial charge < -0.3 is 10.8 Å². The van der Waals surface area contributed by atoms with Crippen LogP contribution in [0.1, 0.15) is 34.1 Å². The molecule has 2 rings (SSSR count). The van der Waals surface area contributed by atoms with Gasteiger partial charge >= 0.3 is 5.97 Å². The molecule has 1 atom stereocenters. The predicted octanol–water partition coefficient (Wildman–Crippen LogP) is 2.82. The number of rotatable bonds is 7. The number of hydrogen-bond donors (Lipinski definition) is 2. The summed E-state index contributed by atoms with van der Waals surface area (Å²) >= 11 is 5.76. The van der Waals surface area contributed by atoms with Crippen molar-refractivity contribution >= 4 is 33.2 Å². The van der Waals surface area contributed by atoms with Crippen molar-refractivity contribution in [2.45, 2.75) is 23.1 Å². The molecule has 0 aliphatic heterocycles. The Morgan fingerprint density at radius 2 is 1.56 bits per heavy atom. The molecule has 2 aromatic rings. The zero-order valence-electron chi connectivity index (χ0n) is 13.1. The van der Waals surface area contributed by atoms with Crippen molar-refractivity contribution in [2.24, 2.45) is 5.73 Å². The zero-order valence-corrected chi connectivity index (χ0v) is 14.6. The summed E-state index contributed by atoms with van der Waals surface area (Å²) in [4.78, 5) is 22.4. The molecule has 0 saturated carbocycles. The summed E-state index contributed by atoms with van der Waals surface area (Å²) in [6, 6.07) is 11.5. The Morgan fingerprint density at radius 3 is 2.08 bits per heavy atom. The van der Waals surface area contributed by atoms with Crippen molar-refractivity contribution in [1.29, 1.82) is 0 Å². The molecular formula is C17H16ClNO5S. The molecule has 0 fully saturated rings. The molecule has 0 heterocycles. The van der Waals surface area contributed by atoms with Gasteiger partial charge in [0, 0.05) is 17.0 Å². The highest BCUT2D eigenvalue weighted by Gasteiger charge is 2.25. The lowest BCUT2D eigenvalue weighted by Gasteiger charge is -2.14. The largest absolute Gasteiger partial charge is 0.481 e. The number of ketones is 1. The topological polar surface area (TPSA) is 115 Å². The van der Waals surface area contributed by atoms with E-state index in [1.165, 1.54) is 48.5 Å². The number of nitrogens with two attached hydrogens (primary N) is 1. The van der Waals surface area contributed by atoms with E-state index in [9.17, 15) is 18.0 Å². The van der Waals surface area contributed by atoms with E-state index in [1.54, 1.807) is 0 Å². The van der Waals surface area contributed by atoms with Gasteiger partial charge in [-0.3, -0.25) is 9.59 Å². The summed E-state index contributed by atoms with van der Waals surface area (Å²) in [5, 5.41) is 7.72. The lowest BCUT2D eigenvalue weighted by Crippen LogP contribution is -2.22. The van der Waals surface area contributed by atoms with Crippen molar-refractivity contribution in [2.75, 3.05) is 0 Å². The number of halogens is 1. The van der Waals surface area contributed by atoms with Crippen molar-refractivity contribution in [3.8, 4) is 0 Å². The fourth-order valence-electron chi connectivity index (χ4n) is 2.17. The molecule has 8 heteroatoms. The normalized spacial score (nSPS) is 12.6. The van der Waals surface area contributed by atoms with Crippen LogP contribution < -0.4 is 5.73 Å². The van der Waals surface area contributed by atoms with Gasteiger partial charge in [-0.05, 0) is 29.8 Å². The number of Topliss-reactive ketones (excluding diaryl/α,β-unsaturated/α-hetero) is 1. The highest BCUT2D eigenvalue weighted by atomic mass is 35.5. The number of sulfone groups is 1. The molecule has 132 valence electrons. The van der Waals surface area contributed by atoms with Crippen molar-refractivity contribution < 1.29 is 23.1 Å². The molecule has 0 radical (unpaired) electrons. The predicted molar refractivity (Wildman–Crippen MR) is 93.2 cm³/mol. The third-order valence-electron chi connectivity index (χ3n) is 3.60. The maximum absolute atomic E-state index is 12.5. The highest BCUT2D eigenvalue weighted by Crippen LogP contribution is 2.26. The monoisotopic (exact) mass is 381 g/mol. The van der Waals surface area contributed by atoms with E-state index in [-0.39, 0.29) is 23.5 Å². The molecular weight excluding hydrogens is 366 g/mol. The number of carboxylic acids is 1. The standard InChI is InChI=1S/C17H16ClNO5S/c18-13-5-7-14(8-6-13)25(23,24)17(19)12-3-1-11(2-4-12)15(20)9-10-16(21)22/h1-8,17H,9-10,19H2,(H,21,22). The van der Waals surface area contributed by atoms with E-state index in [4.69, 9.17) is 22.4 Å². The fourth-order valence-corrected chi connectivity index (χ4v) is 3.62. The molecule has 0 saturated heterocycles. The van der Waals surface area contributed by atoms with Crippen LogP contribution in [0, 0.1) is 0 Å². The number of hydrogen-bond acceptors (Lipinski definition) is 5. The molecule has 0 bridgehead atoms. The molecule has 25 heavy (non-hydrogen) atoms. The smallest absolute Gasteiger partial charge is 0.303 e. The van der Waals surface area contributed by atoms with Gasteiger partial charge in [-0.25, -0.2) is 8.42 Å². The zero-order chi connectivity index (χ0) is 18.6. The highest BCUT2D eigenvalue weighted by molar-refractivity contribution is 7.91. The molecule has 0 amide bonds. The molecule has 0 aliphatic rings. The molecule has 0 aromatic heterocycles. The second kappa shape index (κ2) is 7.77. The van der Waals surface area contributed by atoms with Gasteiger partial charge in [0.1, 0.15) is 5.37 Å². The van der Waals surface area contributed by atoms with E-state index in [0.717, 1.165) is 0 Å². The van der Waals surface area contributed by atoms with Crippen LogP contribution in [0.2, 0.25) is 5.02 Å². The summed E-state index contributed by atoms with van der Waals surface area (Å²) < 4.78 is 25.1. The quantitative estimate of drug-likeness (QED) is 0.712. The fraction of sp³-hybridized carbons (Fsp3) is 0.176. The Hall–Kier alpha value is -2.22. The Kier molecular flexibility index (Phi) is 5.94.